The third kappa shape index (κ3) is 5.34. The van der Waals surface area contributed by atoms with Crippen molar-refractivity contribution in [3.63, 3.8) is 0 Å². The number of hydrogen-bond acceptors (Lipinski definition) is 4. The van der Waals surface area contributed by atoms with Gasteiger partial charge in [0.1, 0.15) is 0 Å². The van der Waals surface area contributed by atoms with Crippen LogP contribution in [-0.2, 0) is 9.47 Å². The fourth-order valence-corrected chi connectivity index (χ4v) is 1.15. The lowest BCUT2D eigenvalue weighted by atomic mass is 10.2. The molecule has 0 aromatic carbocycles. The van der Waals surface area contributed by atoms with Crippen LogP contribution in [-0.4, -0.2) is 25.5 Å². The van der Waals surface area contributed by atoms with Crippen molar-refractivity contribution in [2.45, 2.75) is 40.0 Å². The third-order valence-electron chi connectivity index (χ3n) is 1.66. The number of rotatable bonds is 7. The molecule has 4 heteroatoms. The van der Waals surface area contributed by atoms with Gasteiger partial charge in [0, 0.05) is 13.2 Å². The van der Waals surface area contributed by atoms with E-state index in [2.05, 4.69) is 5.43 Å². The second-order valence-electron chi connectivity index (χ2n) is 3.22. The van der Waals surface area contributed by atoms with Crippen molar-refractivity contribution in [1.29, 1.82) is 0 Å². The summed E-state index contributed by atoms with van der Waals surface area (Å²) in [7, 11) is 0. The van der Waals surface area contributed by atoms with Gasteiger partial charge in [0.25, 0.3) is 0 Å². The van der Waals surface area contributed by atoms with Crippen LogP contribution in [0.3, 0.4) is 0 Å². The van der Waals surface area contributed by atoms with E-state index in [0.29, 0.717) is 13.2 Å². The van der Waals surface area contributed by atoms with E-state index in [4.69, 9.17) is 15.3 Å². The van der Waals surface area contributed by atoms with Gasteiger partial charge in [0.15, 0.2) is 6.29 Å². The number of hydrazine groups is 1. The van der Waals surface area contributed by atoms with Crippen molar-refractivity contribution in [2.24, 2.45) is 5.84 Å². The molecule has 0 aromatic heterocycles. The molecule has 0 heterocycles. The Hall–Kier alpha value is -0.420. The van der Waals surface area contributed by atoms with Crippen molar-refractivity contribution < 1.29 is 9.47 Å². The Labute approximate surface area is 86.4 Å². The molecule has 0 saturated carbocycles. The van der Waals surface area contributed by atoms with Gasteiger partial charge in [-0.2, -0.15) is 0 Å². The van der Waals surface area contributed by atoms with E-state index in [0.717, 1.165) is 0 Å². The van der Waals surface area contributed by atoms with E-state index in [1.807, 2.05) is 33.8 Å². The minimum atomic E-state index is -0.315. The zero-order chi connectivity index (χ0) is 11.0. The predicted molar refractivity (Wildman–Crippen MR) is 57.6 cm³/mol. The van der Waals surface area contributed by atoms with Crippen molar-refractivity contribution in [2.75, 3.05) is 13.2 Å². The van der Waals surface area contributed by atoms with Crippen LogP contribution in [0.15, 0.2) is 11.6 Å². The molecule has 0 aliphatic carbocycles. The number of hydrogen-bond donors (Lipinski definition) is 2. The van der Waals surface area contributed by atoms with E-state index in [1.165, 1.54) is 5.57 Å². The molecular weight excluding hydrogens is 180 g/mol. The third-order valence-corrected chi connectivity index (χ3v) is 1.66. The van der Waals surface area contributed by atoms with Crippen molar-refractivity contribution >= 4 is 0 Å². The first kappa shape index (κ1) is 13.6. The molecule has 3 N–H and O–H groups in total. The summed E-state index contributed by atoms with van der Waals surface area (Å²) >= 11 is 0. The van der Waals surface area contributed by atoms with Gasteiger partial charge in [0.05, 0.1) is 6.04 Å². The van der Waals surface area contributed by atoms with Crippen LogP contribution in [0.2, 0.25) is 0 Å². The molecule has 0 bridgehead atoms. The quantitative estimate of drug-likeness (QED) is 0.282. The van der Waals surface area contributed by atoms with Crippen molar-refractivity contribution in [3.05, 3.63) is 11.6 Å². The van der Waals surface area contributed by atoms with E-state index in [-0.39, 0.29) is 12.3 Å². The number of ether oxygens (including phenoxy) is 2. The Morgan fingerprint density at radius 3 is 2.07 bits per heavy atom. The van der Waals surface area contributed by atoms with Crippen LogP contribution < -0.4 is 11.3 Å². The molecule has 1 unspecified atom stereocenters. The molecule has 0 rings (SSSR count). The largest absolute Gasteiger partial charge is 0.351 e. The Kier molecular flexibility index (Phi) is 7.70. The van der Waals surface area contributed by atoms with Gasteiger partial charge in [-0.25, -0.2) is 5.43 Å². The van der Waals surface area contributed by atoms with E-state index < -0.39 is 0 Å². The predicted octanol–water partition coefficient (Wildman–Crippen LogP) is 1.18. The first-order valence-electron chi connectivity index (χ1n) is 5.00. The van der Waals surface area contributed by atoms with Crippen LogP contribution in [0.25, 0.3) is 0 Å². The highest BCUT2D eigenvalue weighted by molar-refractivity contribution is 5.01. The van der Waals surface area contributed by atoms with Gasteiger partial charge in [0.2, 0.25) is 0 Å². The van der Waals surface area contributed by atoms with Crippen LogP contribution >= 0.6 is 0 Å². The SMILES string of the molecule is CCOC(OCC)C(C=C(C)C)NN. The average Bonchev–Trinajstić information content (AvgIpc) is 2.13. The molecule has 0 aliphatic rings. The second kappa shape index (κ2) is 7.94. The van der Waals surface area contributed by atoms with Crippen LogP contribution in [0.5, 0.6) is 0 Å². The average molecular weight is 202 g/mol. The molecule has 0 fully saturated rings. The zero-order valence-corrected chi connectivity index (χ0v) is 9.54. The minimum absolute atomic E-state index is 0.0973. The highest BCUT2D eigenvalue weighted by Crippen LogP contribution is 2.05. The molecule has 0 aromatic rings. The van der Waals surface area contributed by atoms with Gasteiger partial charge in [-0.3, -0.25) is 5.84 Å². The van der Waals surface area contributed by atoms with Crippen LogP contribution in [0.1, 0.15) is 27.7 Å². The molecule has 1 atom stereocenters. The molecule has 0 spiro atoms. The number of allylic oxidation sites excluding steroid dienone is 1. The van der Waals surface area contributed by atoms with E-state index >= 15 is 0 Å². The van der Waals surface area contributed by atoms with E-state index in [9.17, 15) is 0 Å². The van der Waals surface area contributed by atoms with Gasteiger partial charge >= 0.3 is 0 Å². The second-order valence-corrected chi connectivity index (χ2v) is 3.22. The Bertz CT molecular complexity index is 162. The normalized spacial score (nSPS) is 13.0. The summed E-state index contributed by atoms with van der Waals surface area (Å²) in [6.07, 6.45) is 1.68. The smallest absolute Gasteiger partial charge is 0.177 e. The highest BCUT2D eigenvalue weighted by atomic mass is 16.7. The molecule has 0 saturated heterocycles. The Morgan fingerprint density at radius 2 is 1.79 bits per heavy atom. The molecular formula is C10H22N2O2. The van der Waals surface area contributed by atoms with E-state index in [1.54, 1.807) is 0 Å². The maximum atomic E-state index is 5.43. The highest BCUT2D eigenvalue weighted by Gasteiger charge is 2.18. The summed E-state index contributed by atoms with van der Waals surface area (Å²) in [5.74, 6) is 5.43. The molecule has 0 amide bonds. The lowest BCUT2D eigenvalue weighted by molar-refractivity contribution is -0.146. The Balaban J connectivity index is 4.32. The first-order chi connectivity index (χ1) is 6.65. The van der Waals surface area contributed by atoms with Gasteiger partial charge in [-0.15, -0.1) is 0 Å². The van der Waals surface area contributed by atoms with Crippen LogP contribution in [0, 0.1) is 0 Å². The van der Waals surface area contributed by atoms with Gasteiger partial charge in [-0.1, -0.05) is 11.6 Å². The lowest BCUT2D eigenvalue weighted by Crippen LogP contribution is -2.45. The maximum absolute atomic E-state index is 5.43. The number of nitrogens with one attached hydrogen (secondary N) is 1. The summed E-state index contributed by atoms with van der Waals surface area (Å²) in [5.41, 5.74) is 3.85. The van der Waals surface area contributed by atoms with Gasteiger partial charge in [-0.05, 0) is 27.7 Å². The fourth-order valence-electron chi connectivity index (χ4n) is 1.15. The minimum Gasteiger partial charge on any atom is -0.351 e. The summed E-state index contributed by atoms with van der Waals surface area (Å²) < 4.78 is 10.9. The monoisotopic (exact) mass is 202 g/mol. The Morgan fingerprint density at radius 1 is 1.29 bits per heavy atom. The molecule has 0 radical (unpaired) electrons. The van der Waals surface area contributed by atoms with Crippen molar-refractivity contribution in [3.8, 4) is 0 Å². The number of nitrogens with two attached hydrogens (primary N) is 1. The molecule has 4 nitrogen and oxygen atoms in total. The fraction of sp³-hybridized carbons (Fsp3) is 0.800. The molecule has 14 heavy (non-hydrogen) atoms. The standard InChI is InChI=1S/C10H22N2O2/c1-5-13-10(14-6-2)9(12-11)7-8(3)4/h7,9-10,12H,5-6,11H2,1-4H3. The maximum Gasteiger partial charge on any atom is 0.177 e. The summed E-state index contributed by atoms with van der Waals surface area (Å²) in [6.45, 7) is 9.11. The molecule has 0 aliphatic heterocycles. The first-order valence-corrected chi connectivity index (χ1v) is 5.00. The topological polar surface area (TPSA) is 56.5 Å². The lowest BCUT2D eigenvalue weighted by Gasteiger charge is -2.24. The van der Waals surface area contributed by atoms with Crippen LogP contribution in [0.4, 0.5) is 0 Å². The van der Waals surface area contributed by atoms with Gasteiger partial charge < -0.3 is 9.47 Å². The molecule has 84 valence electrons. The van der Waals surface area contributed by atoms with Crippen molar-refractivity contribution in [1.82, 2.24) is 5.43 Å². The summed E-state index contributed by atoms with van der Waals surface area (Å²) in [6, 6.07) is -0.0973. The summed E-state index contributed by atoms with van der Waals surface area (Å²) in [4.78, 5) is 0. The zero-order valence-electron chi connectivity index (χ0n) is 9.54. The summed E-state index contributed by atoms with van der Waals surface area (Å²) in [5, 5.41) is 0.